The highest BCUT2D eigenvalue weighted by atomic mass is 35.5. The summed E-state index contributed by atoms with van der Waals surface area (Å²) in [4.78, 5) is -0.313. The summed E-state index contributed by atoms with van der Waals surface area (Å²) in [6.07, 6.45) is 0. The van der Waals surface area contributed by atoms with E-state index >= 15 is 0 Å². The second-order valence-electron chi connectivity index (χ2n) is 3.76. The summed E-state index contributed by atoms with van der Waals surface area (Å²) in [5.74, 6) is -0.351. The van der Waals surface area contributed by atoms with Gasteiger partial charge in [-0.15, -0.1) is 0 Å². The Hall–Kier alpha value is -1.79. The first-order chi connectivity index (χ1) is 9.44. The zero-order chi connectivity index (χ0) is 14.8. The second kappa shape index (κ2) is 5.68. The highest BCUT2D eigenvalue weighted by Crippen LogP contribution is 2.31. The van der Waals surface area contributed by atoms with Crippen molar-refractivity contribution >= 4 is 21.7 Å². The number of halogens is 2. The van der Waals surface area contributed by atoms with Gasteiger partial charge in [0.05, 0.1) is 12.1 Å². The van der Waals surface area contributed by atoms with Crippen LogP contribution < -0.4 is 8.92 Å². The highest BCUT2D eigenvalue weighted by Gasteiger charge is 2.22. The van der Waals surface area contributed by atoms with E-state index in [2.05, 4.69) is 0 Å². The molecule has 0 aliphatic carbocycles. The standard InChI is InChI=1S/C13H10ClFO4S/c1-18-11-4-2-3-5-12(11)19-20(16,17)13-7-6-9(15)8-10(13)14/h2-8H,1H3. The molecule has 0 aliphatic rings. The van der Waals surface area contributed by atoms with Crippen LogP contribution in [0.1, 0.15) is 0 Å². The Bertz CT molecular complexity index is 731. The molecular weight excluding hydrogens is 307 g/mol. The summed E-state index contributed by atoms with van der Waals surface area (Å²) in [7, 11) is -2.78. The van der Waals surface area contributed by atoms with Crippen LogP contribution in [0.15, 0.2) is 47.4 Å². The van der Waals surface area contributed by atoms with Crippen LogP contribution in [0.4, 0.5) is 4.39 Å². The van der Waals surface area contributed by atoms with Crippen molar-refractivity contribution in [2.24, 2.45) is 0 Å². The fourth-order valence-electron chi connectivity index (χ4n) is 1.53. The molecule has 7 heteroatoms. The Balaban J connectivity index is 2.41. The van der Waals surface area contributed by atoms with Crippen LogP contribution in [0.3, 0.4) is 0 Å². The molecular formula is C13H10ClFO4S. The van der Waals surface area contributed by atoms with Gasteiger partial charge in [-0.05, 0) is 30.3 Å². The van der Waals surface area contributed by atoms with Gasteiger partial charge in [-0.2, -0.15) is 8.42 Å². The molecule has 0 saturated heterocycles. The lowest BCUT2D eigenvalue weighted by Crippen LogP contribution is -2.11. The van der Waals surface area contributed by atoms with Gasteiger partial charge in [-0.3, -0.25) is 0 Å². The molecule has 0 fully saturated rings. The maximum Gasteiger partial charge on any atom is 0.340 e. The van der Waals surface area contributed by atoms with E-state index in [1.54, 1.807) is 18.2 Å². The van der Waals surface area contributed by atoms with Crippen LogP contribution in [0.5, 0.6) is 11.5 Å². The molecule has 0 bridgehead atoms. The first-order valence-corrected chi connectivity index (χ1v) is 7.25. The van der Waals surface area contributed by atoms with Gasteiger partial charge >= 0.3 is 10.1 Å². The smallest absolute Gasteiger partial charge is 0.340 e. The van der Waals surface area contributed by atoms with E-state index in [4.69, 9.17) is 20.5 Å². The summed E-state index contributed by atoms with van der Waals surface area (Å²) in [5, 5.41) is -0.250. The molecule has 106 valence electrons. The van der Waals surface area contributed by atoms with E-state index in [-0.39, 0.29) is 21.4 Å². The monoisotopic (exact) mass is 316 g/mol. The third-order valence-electron chi connectivity index (χ3n) is 2.43. The Kier molecular flexibility index (Phi) is 4.15. The molecule has 0 amide bonds. The SMILES string of the molecule is COc1ccccc1OS(=O)(=O)c1ccc(F)cc1Cl. The van der Waals surface area contributed by atoms with Crippen LogP contribution in [0, 0.1) is 5.82 Å². The zero-order valence-corrected chi connectivity index (χ0v) is 11.9. The molecule has 0 saturated carbocycles. The van der Waals surface area contributed by atoms with E-state index < -0.39 is 15.9 Å². The lowest BCUT2D eigenvalue weighted by Gasteiger charge is -2.11. The topological polar surface area (TPSA) is 52.6 Å². The van der Waals surface area contributed by atoms with E-state index in [0.717, 1.165) is 18.2 Å². The zero-order valence-electron chi connectivity index (χ0n) is 10.3. The van der Waals surface area contributed by atoms with Gasteiger partial charge in [0, 0.05) is 0 Å². The van der Waals surface area contributed by atoms with E-state index in [9.17, 15) is 12.8 Å². The fourth-order valence-corrected chi connectivity index (χ4v) is 2.98. The van der Waals surface area contributed by atoms with Gasteiger partial charge < -0.3 is 8.92 Å². The van der Waals surface area contributed by atoms with Crippen LogP contribution in [0.25, 0.3) is 0 Å². The van der Waals surface area contributed by atoms with Crippen molar-refractivity contribution in [3.63, 3.8) is 0 Å². The molecule has 0 spiro atoms. The molecule has 0 aliphatic heterocycles. The van der Waals surface area contributed by atoms with Crippen molar-refractivity contribution in [1.29, 1.82) is 0 Å². The van der Waals surface area contributed by atoms with Gasteiger partial charge in [0.25, 0.3) is 0 Å². The Morgan fingerprint density at radius 1 is 1.10 bits per heavy atom. The summed E-state index contributed by atoms with van der Waals surface area (Å²) in [6, 6.07) is 9.19. The maximum absolute atomic E-state index is 12.9. The van der Waals surface area contributed by atoms with Crippen molar-refractivity contribution < 1.29 is 21.7 Å². The number of ether oxygens (including phenoxy) is 1. The third kappa shape index (κ3) is 3.02. The first-order valence-electron chi connectivity index (χ1n) is 5.46. The Morgan fingerprint density at radius 3 is 2.35 bits per heavy atom. The van der Waals surface area contributed by atoms with E-state index in [0.29, 0.717) is 0 Å². The molecule has 2 aromatic rings. The number of hydrogen-bond acceptors (Lipinski definition) is 4. The second-order valence-corrected chi connectivity index (χ2v) is 5.69. The maximum atomic E-state index is 12.9. The van der Waals surface area contributed by atoms with Crippen molar-refractivity contribution in [3.05, 3.63) is 53.3 Å². The quantitative estimate of drug-likeness (QED) is 0.812. The third-order valence-corrected chi connectivity index (χ3v) is 4.15. The molecule has 2 rings (SSSR count). The minimum atomic E-state index is -4.17. The minimum absolute atomic E-state index is 0.0235. The molecule has 20 heavy (non-hydrogen) atoms. The lowest BCUT2D eigenvalue weighted by molar-refractivity contribution is 0.390. The number of benzene rings is 2. The van der Waals surface area contributed by atoms with E-state index in [1.165, 1.54) is 13.2 Å². The minimum Gasteiger partial charge on any atom is -0.493 e. The summed E-state index contributed by atoms with van der Waals surface area (Å²) < 4.78 is 47.1. The van der Waals surface area contributed by atoms with Gasteiger partial charge in [-0.25, -0.2) is 4.39 Å². The van der Waals surface area contributed by atoms with Crippen molar-refractivity contribution in [1.82, 2.24) is 0 Å². The molecule has 0 unspecified atom stereocenters. The number of hydrogen-bond donors (Lipinski definition) is 0. The molecule has 4 nitrogen and oxygen atoms in total. The molecule has 0 aromatic heterocycles. The van der Waals surface area contributed by atoms with Gasteiger partial charge in [0.15, 0.2) is 11.5 Å². The largest absolute Gasteiger partial charge is 0.493 e. The summed E-state index contributed by atoms with van der Waals surface area (Å²) in [5.41, 5.74) is 0. The predicted molar refractivity (Wildman–Crippen MR) is 72.2 cm³/mol. The van der Waals surface area contributed by atoms with Crippen molar-refractivity contribution in [2.45, 2.75) is 4.90 Å². The van der Waals surface area contributed by atoms with Crippen molar-refractivity contribution in [2.75, 3.05) is 7.11 Å². The van der Waals surface area contributed by atoms with Crippen LogP contribution in [0.2, 0.25) is 5.02 Å². The predicted octanol–water partition coefficient (Wildman–Crippen LogP) is 3.26. The number of para-hydroxylation sites is 2. The van der Waals surface area contributed by atoms with Crippen molar-refractivity contribution in [3.8, 4) is 11.5 Å². The molecule has 0 radical (unpaired) electrons. The summed E-state index contributed by atoms with van der Waals surface area (Å²) in [6.45, 7) is 0. The molecule has 2 aromatic carbocycles. The number of rotatable bonds is 4. The molecule has 0 atom stereocenters. The normalized spacial score (nSPS) is 11.2. The van der Waals surface area contributed by atoms with Gasteiger partial charge in [0.2, 0.25) is 0 Å². The van der Waals surface area contributed by atoms with Gasteiger partial charge in [0.1, 0.15) is 10.7 Å². The summed E-state index contributed by atoms with van der Waals surface area (Å²) >= 11 is 5.72. The highest BCUT2D eigenvalue weighted by molar-refractivity contribution is 7.87. The van der Waals surface area contributed by atoms with E-state index in [1.807, 2.05) is 0 Å². The van der Waals surface area contributed by atoms with Gasteiger partial charge in [-0.1, -0.05) is 23.7 Å². The lowest BCUT2D eigenvalue weighted by atomic mass is 10.3. The van der Waals surface area contributed by atoms with Crippen LogP contribution in [-0.2, 0) is 10.1 Å². The fraction of sp³-hybridized carbons (Fsp3) is 0.0769. The molecule has 0 heterocycles. The van der Waals surface area contributed by atoms with Crippen LogP contribution in [-0.4, -0.2) is 15.5 Å². The Labute approximate surface area is 120 Å². The first kappa shape index (κ1) is 14.6. The van der Waals surface area contributed by atoms with Crippen LogP contribution >= 0.6 is 11.6 Å². The average Bonchev–Trinajstić information content (AvgIpc) is 2.38. The number of methoxy groups -OCH3 is 1. The Morgan fingerprint density at radius 2 is 1.75 bits per heavy atom. The average molecular weight is 317 g/mol. The molecule has 0 N–H and O–H groups in total.